The number of amides is 2. The number of hydrogen-bond acceptors (Lipinski definition) is 6. The second-order valence-corrected chi connectivity index (χ2v) is 5.64. The maximum Gasteiger partial charge on any atom is 0.322 e. The summed E-state index contributed by atoms with van der Waals surface area (Å²) in [5, 5.41) is 11.7. The van der Waals surface area contributed by atoms with Crippen molar-refractivity contribution < 1.29 is 19.0 Å². The molecule has 8 heteroatoms. The fourth-order valence-corrected chi connectivity index (χ4v) is 2.57. The van der Waals surface area contributed by atoms with E-state index in [0.29, 0.717) is 41.7 Å². The third-order valence-corrected chi connectivity index (χ3v) is 3.91. The van der Waals surface area contributed by atoms with E-state index in [4.69, 9.17) is 19.5 Å². The van der Waals surface area contributed by atoms with Gasteiger partial charge < -0.3 is 24.4 Å². The highest BCUT2D eigenvalue weighted by atomic mass is 16.7. The van der Waals surface area contributed by atoms with Crippen LogP contribution in [0.4, 0.5) is 10.5 Å². The second kappa shape index (κ2) is 6.20. The molecule has 1 aromatic heterocycles. The summed E-state index contributed by atoms with van der Waals surface area (Å²) < 4.78 is 16.2. The maximum atomic E-state index is 12.2. The van der Waals surface area contributed by atoms with Crippen LogP contribution in [0.3, 0.4) is 0 Å². The van der Waals surface area contributed by atoms with Gasteiger partial charge in [-0.15, -0.1) is 0 Å². The Bertz CT molecular complexity index is 858. The van der Waals surface area contributed by atoms with E-state index in [2.05, 4.69) is 10.3 Å². The Hall–Kier alpha value is -3.47. The molecule has 0 bridgehead atoms. The van der Waals surface area contributed by atoms with Crippen LogP contribution in [-0.2, 0) is 0 Å². The summed E-state index contributed by atoms with van der Waals surface area (Å²) in [4.78, 5) is 17.9. The van der Waals surface area contributed by atoms with Crippen molar-refractivity contribution in [2.24, 2.45) is 0 Å². The van der Waals surface area contributed by atoms with Crippen molar-refractivity contribution in [3.63, 3.8) is 0 Å². The number of pyridine rings is 1. The third kappa shape index (κ3) is 3.12. The predicted octanol–water partition coefficient (Wildman–Crippen LogP) is 1.98. The maximum absolute atomic E-state index is 12.2. The second-order valence-electron chi connectivity index (χ2n) is 5.64. The van der Waals surface area contributed by atoms with Crippen LogP contribution in [0.15, 0.2) is 36.5 Å². The van der Waals surface area contributed by atoms with Crippen LogP contribution in [0.5, 0.6) is 17.4 Å². The summed E-state index contributed by atoms with van der Waals surface area (Å²) in [5.41, 5.74) is 1.13. The van der Waals surface area contributed by atoms with Crippen molar-refractivity contribution in [2.45, 2.75) is 6.10 Å². The Morgan fingerprint density at radius 2 is 2.12 bits per heavy atom. The Morgan fingerprint density at radius 3 is 2.96 bits per heavy atom. The molecule has 2 amide bonds. The van der Waals surface area contributed by atoms with E-state index < -0.39 is 0 Å². The molecule has 1 fully saturated rings. The number of nitriles is 1. The van der Waals surface area contributed by atoms with Gasteiger partial charge in [0.05, 0.1) is 24.7 Å². The summed E-state index contributed by atoms with van der Waals surface area (Å²) in [7, 11) is 0. The van der Waals surface area contributed by atoms with Crippen LogP contribution in [0, 0.1) is 11.3 Å². The third-order valence-electron chi connectivity index (χ3n) is 3.91. The van der Waals surface area contributed by atoms with Gasteiger partial charge in [-0.05, 0) is 18.2 Å². The minimum Gasteiger partial charge on any atom is -0.471 e. The average Bonchev–Trinajstić information content (AvgIpc) is 3.05. The van der Waals surface area contributed by atoms with Crippen LogP contribution >= 0.6 is 0 Å². The number of nitrogens with zero attached hydrogens (tertiary/aromatic N) is 3. The molecule has 3 heterocycles. The highest BCUT2D eigenvalue weighted by Gasteiger charge is 2.32. The summed E-state index contributed by atoms with van der Waals surface area (Å²) >= 11 is 0. The average molecular weight is 338 g/mol. The first-order chi connectivity index (χ1) is 12.2. The first-order valence-corrected chi connectivity index (χ1v) is 7.69. The Labute approximate surface area is 143 Å². The molecule has 0 saturated carbocycles. The number of nitrogens with one attached hydrogen (secondary N) is 1. The van der Waals surface area contributed by atoms with Gasteiger partial charge >= 0.3 is 6.03 Å². The lowest BCUT2D eigenvalue weighted by Crippen LogP contribution is -2.57. The van der Waals surface area contributed by atoms with Gasteiger partial charge in [-0.2, -0.15) is 5.26 Å². The van der Waals surface area contributed by atoms with Crippen molar-refractivity contribution in [2.75, 3.05) is 25.2 Å². The number of fused-ring (bicyclic) bond motifs is 1. The molecule has 2 aliphatic heterocycles. The van der Waals surface area contributed by atoms with E-state index in [-0.39, 0.29) is 18.9 Å². The molecule has 1 aromatic carbocycles. The lowest BCUT2D eigenvalue weighted by atomic mass is 10.2. The van der Waals surface area contributed by atoms with Gasteiger partial charge in [-0.1, -0.05) is 0 Å². The lowest BCUT2D eigenvalue weighted by Gasteiger charge is -2.38. The van der Waals surface area contributed by atoms with Crippen LogP contribution in [0.25, 0.3) is 0 Å². The number of rotatable bonds is 3. The highest BCUT2D eigenvalue weighted by molar-refractivity contribution is 5.90. The molecule has 0 atom stereocenters. The summed E-state index contributed by atoms with van der Waals surface area (Å²) in [6, 6.07) is 10.3. The molecule has 0 radical (unpaired) electrons. The standard InChI is InChI=1S/C17H14N4O4/c18-7-11-3-4-19-16(5-11)25-13-8-21(9-13)17(22)20-12-1-2-14-15(6-12)24-10-23-14/h1-6,13H,8-10H2,(H,20,22). The molecule has 2 aromatic rings. The number of ether oxygens (including phenoxy) is 3. The molecular weight excluding hydrogens is 324 g/mol. The van der Waals surface area contributed by atoms with Gasteiger partial charge in [-0.3, -0.25) is 0 Å². The monoisotopic (exact) mass is 338 g/mol. The number of carbonyl (C=O) groups excluding carboxylic acids is 1. The first kappa shape index (κ1) is 15.1. The Balaban J connectivity index is 1.30. The molecule has 0 aliphatic carbocycles. The molecular formula is C17H14N4O4. The van der Waals surface area contributed by atoms with Crippen LogP contribution in [0.2, 0.25) is 0 Å². The summed E-state index contributed by atoms with van der Waals surface area (Å²) in [6.45, 7) is 1.10. The topological polar surface area (TPSA) is 96.7 Å². The summed E-state index contributed by atoms with van der Waals surface area (Å²) in [6.07, 6.45) is 1.39. The van der Waals surface area contributed by atoms with Gasteiger partial charge in [0, 0.05) is 24.0 Å². The number of benzene rings is 1. The van der Waals surface area contributed by atoms with Gasteiger partial charge in [0.25, 0.3) is 0 Å². The molecule has 1 N–H and O–H groups in total. The van der Waals surface area contributed by atoms with Crippen molar-refractivity contribution in [3.05, 3.63) is 42.1 Å². The van der Waals surface area contributed by atoms with Crippen LogP contribution < -0.4 is 19.5 Å². The van der Waals surface area contributed by atoms with Crippen LogP contribution in [-0.4, -0.2) is 41.9 Å². The normalized spacial score (nSPS) is 15.2. The zero-order chi connectivity index (χ0) is 17.2. The minimum atomic E-state index is -0.211. The molecule has 1 saturated heterocycles. The zero-order valence-electron chi connectivity index (χ0n) is 13.1. The van der Waals surface area contributed by atoms with E-state index >= 15 is 0 Å². The molecule has 4 rings (SSSR count). The van der Waals surface area contributed by atoms with Gasteiger partial charge in [0.15, 0.2) is 11.5 Å². The molecule has 126 valence electrons. The van der Waals surface area contributed by atoms with Crippen molar-refractivity contribution in [3.8, 4) is 23.4 Å². The van der Waals surface area contributed by atoms with Gasteiger partial charge in [0.2, 0.25) is 12.7 Å². The first-order valence-electron chi connectivity index (χ1n) is 7.69. The molecule has 8 nitrogen and oxygen atoms in total. The van der Waals surface area contributed by atoms with E-state index in [9.17, 15) is 4.79 Å². The number of urea groups is 1. The van der Waals surface area contributed by atoms with E-state index in [1.807, 2.05) is 6.07 Å². The molecule has 0 spiro atoms. The fraction of sp³-hybridized carbons (Fsp3) is 0.235. The quantitative estimate of drug-likeness (QED) is 0.919. The van der Waals surface area contributed by atoms with Gasteiger partial charge in [-0.25, -0.2) is 9.78 Å². The number of aromatic nitrogens is 1. The zero-order valence-corrected chi connectivity index (χ0v) is 13.1. The Kier molecular flexibility index (Phi) is 3.74. The molecule has 0 unspecified atom stereocenters. The lowest BCUT2D eigenvalue weighted by molar-refractivity contribution is 0.0461. The van der Waals surface area contributed by atoms with Crippen molar-refractivity contribution in [1.29, 1.82) is 5.26 Å². The molecule has 2 aliphatic rings. The minimum absolute atomic E-state index is 0.135. The Morgan fingerprint density at radius 1 is 1.28 bits per heavy atom. The summed E-state index contributed by atoms with van der Waals surface area (Å²) in [5.74, 6) is 1.67. The number of anilines is 1. The van der Waals surface area contributed by atoms with Crippen molar-refractivity contribution >= 4 is 11.7 Å². The largest absolute Gasteiger partial charge is 0.471 e. The number of carbonyl (C=O) groups is 1. The van der Waals surface area contributed by atoms with E-state index in [1.54, 1.807) is 35.2 Å². The smallest absolute Gasteiger partial charge is 0.322 e. The van der Waals surface area contributed by atoms with E-state index in [1.165, 1.54) is 6.20 Å². The SMILES string of the molecule is N#Cc1ccnc(OC2CN(C(=O)Nc3ccc4c(c3)OCO4)C2)c1. The number of likely N-dealkylation sites (tertiary alicyclic amines) is 1. The predicted molar refractivity (Wildman–Crippen MR) is 86.5 cm³/mol. The van der Waals surface area contributed by atoms with Gasteiger partial charge in [0.1, 0.15) is 6.10 Å². The van der Waals surface area contributed by atoms with Crippen LogP contribution in [0.1, 0.15) is 5.56 Å². The van der Waals surface area contributed by atoms with Crippen molar-refractivity contribution in [1.82, 2.24) is 9.88 Å². The fourth-order valence-electron chi connectivity index (χ4n) is 2.57. The van der Waals surface area contributed by atoms with E-state index in [0.717, 1.165) is 0 Å². The highest BCUT2D eigenvalue weighted by Crippen LogP contribution is 2.34. The number of hydrogen-bond donors (Lipinski definition) is 1. The molecule has 25 heavy (non-hydrogen) atoms.